The van der Waals surface area contributed by atoms with Crippen molar-refractivity contribution in [3.05, 3.63) is 59.7 Å². The van der Waals surface area contributed by atoms with Crippen LogP contribution in [0.3, 0.4) is 0 Å². The summed E-state index contributed by atoms with van der Waals surface area (Å²) >= 11 is 0. The molecule has 100 valence electrons. The van der Waals surface area contributed by atoms with E-state index in [4.69, 9.17) is 0 Å². The van der Waals surface area contributed by atoms with E-state index in [1.165, 1.54) is 11.1 Å². The van der Waals surface area contributed by atoms with Crippen molar-refractivity contribution in [1.82, 2.24) is 15.3 Å². The summed E-state index contributed by atoms with van der Waals surface area (Å²) in [5, 5.41) is 3.49. The summed E-state index contributed by atoms with van der Waals surface area (Å²) in [5.41, 5.74) is 3.78. The third kappa shape index (κ3) is 4.79. The maximum absolute atomic E-state index is 4.21. The lowest BCUT2D eigenvalue weighted by molar-refractivity contribution is 0.509. The Morgan fingerprint density at radius 1 is 1.26 bits per heavy atom. The fourth-order valence-electron chi connectivity index (χ4n) is 2.05. The highest BCUT2D eigenvalue weighted by Gasteiger charge is 2.03. The number of hydrogen-bond donors (Lipinski definition) is 1. The van der Waals surface area contributed by atoms with E-state index < -0.39 is 0 Å². The zero-order chi connectivity index (χ0) is 13.5. The van der Waals surface area contributed by atoms with Crippen LogP contribution in [0.4, 0.5) is 0 Å². The average Bonchev–Trinajstić information content (AvgIpc) is 2.44. The van der Waals surface area contributed by atoms with Gasteiger partial charge in [-0.05, 0) is 38.3 Å². The highest BCUT2D eigenvalue weighted by atomic mass is 14.9. The van der Waals surface area contributed by atoms with Crippen LogP contribution < -0.4 is 5.32 Å². The van der Waals surface area contributed by atoms with Gasteiger partial charge in [0.25, 0.3) is 0 Å². The van der Waals surface area contributed by atoms with E-state index in [0.29, 0.717) is 6.04 Å². The Balaban J connectivity index is 1.74. The number of hydrogen-bond acceptors (Lipinski definition) is 3. The van der Waals surface area contributed by atoms with E-state index in [-0.39, 0.29) is 0 Å². The van der Waals surface area contributed by atoms with Crippen molar-refractivity contribution in [3.63, 3.8) is 0 Å². The molecule has 0 spiro atoms. The van der Waals surface area contributed by atoms with Gasteiger partial charge in [0, 0.05) is 18.8 Å². The van der Waals surface area contributed by atoms with Gasteiger partial charge in [-0.1, -0.05) is 29.8 Å². The van der Waals surface area contributed by atoms with Crippen LogP contribution in [0.25, 0.3) is 0 Å². The predicted molar refractivity (Wildman–Crippen MR) is 77.8 cm³/mol. The topological polar surface area (TPSA) is 37.8 Å². The molecule has 19 heavy (non-hydrogen) atoms. The summed E-state index contributed by atoms with van der Waals surface area (Å²) in [7, 11) is 0. The molecule has 0 bridgehead atoms. The third-order valence-electron chi connectivity index (χ3n) is 3.22. The Hall–Kier alpha value is -1.74. The first-order valence-electron chi connectivity index (χ1n) is 6.78. The Bertz CT molecular complexity index is 496. The van der Waals surface area contributed by atoms with E-state index in [0.717, 1.165) is 25.1 Å². The molecule has 0 fully saturated rings. The highest BCUT2D eigenvalue weighted by Crippen LogP contribution is 2.08. The van der Waals surface area contributed by atoms with Crippen LogP contribution in [-0.4, -0.2) is 16.0 Å². The van der Waals surface area contributed by atoms with Crippen molar-refractivity contribution in [1.29, 1.82) is 0 Å². The fraction of sp³-hybridized carbons (Fsp3) is 0.375. The van der Waals surface area contributed by atoms with Gasteiger partial charge in [-0.15, -0.1) is 0 Å². The van der Waals surface area contributed by atoms with E-state index in [9.17, 15) is 0 Å². The second-order valence-corrected chi connectivity index (χ2v) is 5.01. The maximum atomic E-state index is 4.21. The van der Waals surface area contributed by atoms with Gasteiger partial charge in [0.05, 0.1) is 5.69 Å². The number of aryl methyl sites for hydroxylation is 2. The molecule has 1 aromatic carbocycles. The minimum atomic E-state index is 0.482. The molecule has 3 heteroatoms. The molecular weight excluding hydrogens is 234 g/mol. The van der Waals surface area contributed by atoms with Gasteiger partial charge in [-0.25, -0.2) is 9.97 Å². The molecule has 0 saturated carbocycles. The summed E-state index contributed by atoms with van der Waals surface area (Å²) in [6, 6.07) is 11.2. The van der Waals surface area contributed by atoms with Crippen LogP contribution in [0.5, 0.6) is 0 Å². The molecule has 0 radical (unpaired) electrons. The molecule has 1 aromatic heterocycles. The third-order valence-corrected chi connectivity index (χ3v) is 3.22. The second-order valence-electron chi connectivity index (χ2n) is 5.01. The molecule has 1 N–H and O–H groups in total. The Labute approximate surface area is 115 Å². The highest BCUT2D eigenvalue weighted by molar-refractivity contribution is 5.22. The van der Waals surface area contributed by atoms with Crippen molar-refractivity contribution in [2.24, 2.45) is 0 Å². The van der Waals surface area contributed by atoms with Crippen LogP contribution >= 0.6 is 0 Å². The normalized spacial score (nSPS) is 12.3. The minimum absolute atomic E-state index is 0.482. The molecule has 1 atom stereocenters. The molecule has 0 aliphatic carbocycles. The summed E-state index contributed by atoms with van der Waals surface area (Å²) < 4.78 is 0. The molecule has 1 unspecified atom stereocenters. The zero-order valence-corrected chi connectivity index (χ0v) is 11.6. The standard InChI is InChI=1S/C16H21N3/c1-13-4-3-5-15(10-13)7-6-14(2)18-11-16-8-9-17-12-19-16/h3-5,8-10,12,14,18H,6-7,11H2,1-2H3. The predicted octanol–water partition coefficient (Wildman–Crippen LogP) is 2.90. The average molecular weight is 255 g/mol. The molecule has 0 amide bonds. The largest absolute Gasteiger partial charge is 0.309 e. The maximum Gasteiger partial charge on any atom is 0.115 e. The Morgan fingerprint density at radius 2 is 2.16 bits per heavy atom. The lowest BCUT2D eigenvalue weighted by Crippen LogP contribution is -2.26. The second kappa shape index (κ2) is 7.00. The van der Waals surface area contributed by atoms with Gasteiger partial charge in [-0.3, -0.25) is 0 Å². The monoisotopic (exact) mass is 255 g/mol. The lowest BCUT2D eigenvalue weighted by atomic mass is 10.0. The SMILES string of the molecule is Cc1cccc(CCC(C)NCc2ccncn2)c1. The fourth-order valence-corrected chi connectivity index (χ4v) is 2.05. The first-order valence-corrected chi connectivity index (χ1v) is 6.78. The summed E-state index contributed by atoms with van der Waals surface area (Å²) in [5.74, 6) is 0. The summed E-state index contributed by atoms with van der Waals surface area (Å²) in [6.45, 7) is 5.16. The molecular formula is C16H21N3. The Morgan fingerprint density at radius 3 is 2.89 bits per heavy atom. The smallest absolute Gasteiger partial charge is 0.115 e. The Kier molecular flexibility index (Phi) is 5.04. The molecule has 0 aliphatic heterocycles. The van der Waals surface area contributed by atoms with Crippen molar-refractivity contribution >= 4 is 0 Å². The van der Waals surface area contributed by atoms with Crippen molar-refractivity contribution in [2.45, 2.75) is 39.3 Å². The van der Waals surface area contributed by atoms with Crippen LogP contribution in [-0.2, 0) is 13.0 Å². The number of benzene rings is 1. The van der Waals surface area contributed by atoms with E-state index in [2.05, 4.69) is 53.4 Å². The van der Waals surface area contributed by atoms with Crippen molar-refractivity contribution in [2.75, 3.05) is 0 Å². The van der Waals surface area contributed by atoms with Gasteiger partial charge in [0.1, 0.15) is 6.33 Å². The first-order chi connectivity index (χ1) is 9.24. The summed E-state index contributed by atoms with van der Waals surface area (Å²) in [6.07, 6.45) is 5.62. The van der Waals surface area contributed by atoms with Gasteiger partial charge in [-0.2, -0.15) is 0 Å². The quantitative estimate of drug-likeness (QED) is 0.862. The zero-order valence-electron chi connectivity index (χ0n) is 11.6. The van der Waals surface area contributed by atoms with Gasteiger partial charge >= 0.3 is 0 Å². The molecule has 1 heterocycles. The van der Waals surface area contributed by atoms with E-state index in [1.54, 1.807) is 12.5 Å². The van der Waals surface area contributed by atoms with Gasteiger partial charge in [0.2, 0.25) is 0 Å². The van der Waals surface area contributed by atoms with Crippen molar-refractivity contribution in [3.8, 4) is 0 Å². The molecule has 0 saturated heterocycles. The number of rotatable bonds is 6. The lowest BCUT2D eigenvalue weighted by Gasteiger charge is -2.13. The van der Waals surface area contributed by atoms with Gasteiger partial charge < -0.3 is 5.32 Å². The van der Waals surface area contributed by atoms with Crippen LogP contribution in [0, 0.1) is 6.92 Å². The van der Waals surface area contributed by atoms with Crippen LogP contribution in [0.1, 0.15) is 30.2 Å². The number of nitrogens with zero attached hydrogens (tertiary/aromatic N) is 2. The number of aromatic nitrogens is 2. The molecule has 0 aliphatic rings. The molecule has 2 aromatic rings. The summed E-state index contributed by atoms with van der Waals surface area (Å²) in [4.78, 5) is 8.12. The van der Waals surface area contributed by atoms with Crippen LogP contribution in [0.15, 0.2) is 42.9 Å². The van der Waals surface area contributed by atoms with Gasteiger partial charge in [0.15, 0.2) is 0 Å². The first kappa shape index (κ1) is 13.7. The number of nitrogens with one attached hydrogen (secondary N) is 1. The van der Waals surface area contributed by atoms with Crippen LogP contribution in [0.2, 0.25) is 0 Å². The van der Waals surface area contributed by atoms with E-state index in [1.807, 2.05) is 6.07 Å². The van der Waals surface area contributed by atoms with E-state index >= 15 is 0 Å². The molecule has 3 nitrogen and oxygen atoms in total. The minimum Gasteiger partial charge on any atom is -0.309 e. The molecule has 2 rings (SSSR count). The van der Waals surface area contributed by atoms with Crippen molar-refractivity contribution < 1.29 is 0 Å².